The van der Waals surface area contributed by atoms with Crippen molar-refractivity contribution in [3.8, 4) is 0 Å². The highest BCUT2D eigenvalue weighted by Gasteiger charge is 2.26. The number of rotatable bonds is 6. The second-order valence-electron chi connectivity index (χ2n) is 5.46. The van der Waals surface area contributed by atoms with Crippen LogP contribution in [0.2, 0.25) is 0 Å². The fourth-order valence-corrected chi connectivity index (χ4v) is 1.87. The van der Waals surface area contributed by atoms with Gasteiger partial charge in [-0.15, -0.1) is 0 Å². The van der Waals surface area contributed by atoms with Crippen molar-refractivity contribution in [1.82, 2.24) is 15.1 Å². The van der Waals surface area contributed by atoms with Gasteiger partial charge in [-0.25, -0.2) is 4.79 Å². The lowest BCUT2D eigenvalue weighted by Gasteiger charge is -2.17. The first kappa shape index (κ1) is 16.2. The van der Waals surface area contributed by atoms with E-state index in [1.165, 1.54) is 0 Å². The third-order valence-electron chi connectivity index (χ3n) is 3.14. The minimum absolute atomic E-state index is 0.181. The summed E-state index contributed by atoms with van der Waals surface area (Å²) in [4.78, 5) is 23.4. The Morgan fingerprint density at radius 1 is 1.35 bits per heavy atom. The Hall–Kier alpha value is -1.85. The van der Waals surface area contributed by atoms with E-state index in [2.05, 4.69) is 10.4 Å². The van der Waals surface area contributed by atoms with E-state index >= 15 is 0 Å². The van der Waals surface area contributed by atoms with Gasteiger partial charge in [0.25, 0.3) is 5.91 Å². The van der Waals surface area contributed by atoms with Crippen molar-refractivity contribution in [2.24, 2.45) is 5.92 Å². The number of carboxylic acid groups (broad SMARTS) is 1. The molecule has 1 atom stereocenters. The number of aliphatic carboxylic acids is 1. The molecule has 0 saturated carbocycles. The maximum atomic E-state index is 12.2. The van der Waals surface area contributed by atoms with E-state index in [-0.39, 0.29) is 11.8 Å². The molecule has 0 saturated heterocycles. The summed E-state index contributed by atoms with van der Waals surface area (Å²) in [6.07, 6.45) is 0. The Balaban J connectivity index is 2.99. The van der Waals surface area contributed by atoms with E-state index in [0.717, 1.165) is 5.69 Å². The molecule has 0 fully saturated rings. The fourth-order valence-electron chi connectivity index (χ4n) is 1.87. The van der Waals surface area contributed by atoms with Crippen LogP contribution in [0.4, 0.5) is 0 Å². The molecule has 0 radical (unpaired) electrons. The van der Waals surface area contributed by atoms with Crippen molar-refractivity contribution in [2.75, 3.05) is 0 Å². The molecule has 1 heterocycles. The molecule has 0 unspecified atom stereocenters. The van der Waals surface area contributed by atoms with E-state index in [1.807, 2.05) is 20.8 Å². The van der Waals surface area contributed by atoms with Gasteiger partial charge < -0.3 is 10.4 Å². The molecule has 6 heteroatoms. The second-order valence-corrected chi connectivity index (χ2v) is 5.46. The molecule has 0 aromatic carbocycles. The van der Waals surface area contributed by atoms with E-state index < -0.39 is 17.9 Å². The number of nitrogens with zero attached hydrogens (tertiary/aromatic N) is 2. The van der Waals surface area contributed by atoms with Crippen molar-refractivity contribution >= 4 is 11.9 Å². The molecule has 0 spiro atoms. The molecule has 0 bridgehead atoms. The molecule has 0 aliphatic heterocycles. The summed E-state index contributed by atoms with van der Waals surface area (Å²) >= 11 is 0. The maximum absolute atomic E-state index is 12.2. The average molecular weight is 281 g/mol. The van der Waals surface area contributed by atoms with Crippen LogP contribution in [0.5, 0.6) is 0 Å². The number of hydrogen-bond donors (Lipinski definition) is 2. The Morgan fingerprint density at radius 3 is 2.35 bits per heavy atom. The molecule has 0 aliphatic carbocycles. The lowest BCUT2D eigenvalue weighted by Crippen LogP contribution is -2.44. The van der Waals surface area contributed by atoms with Crippen LogP contribution in [0.15, 0.2) is 6.07 Å². The van der Waals surface area contributed by atoms with E-state index in [0.29, 0.717) is 12.2 Å². The Kier molecular flexibility index (Phi) is 5.30. The SMILES string of the molecule is CCn1nc(C(C)C)cc1C(=O)N[C@H](C(=O)O)C(C)C. The molecule has 112 valence electrons. The van der Waals surface area contributed by atoms with Crippen LogP contribution in [0.1, 0.15) is 56.7 Å². The van der Waals surface area contributed by atoms with Gasteiger partial charge in [-0.2, -0.15) is 5.10 Å². The van der Waals surface area contributed by atoms with Gasteiger partial charge >= 0.3 is 5.97 Å². The third-order valence-corrected chi connectivity index (χ3v) is 3.14. The summed E-state index contributed by atoms with van der Waals surface area (Å²) in [5.74, 6) is -1.39. The minimum Gasteiger partial charge on any atom is -0.480 e. The molecular formula is C14H23N3O3. The van der Waals surface area contributed by atoms with Gasteiger partial charge in [-0.3, -0.25) is 9.48 Å². The summed E-state index contributed by atoms with van der Waals surface area (Å²) in [7, 11) is 0. The smallest absolute Gasteiger partial charge is 0.326 e. The number of hydrogen-bond acceptors (Lipinski definition) is 3. The number of carbonyl (C=O) groups excluding carboxylic acids is 1. The number of carbonyl (C=O) groups is 2. The zero-order valence-electron chi connectivity index (χ0n) is 12.7. The first-order valence-electron chi connectivity index (χ1n) is 6.89. The maximum Gasteiger partial charge on any atom is 0.326 e. The van der Waals surface area contributed by atoms with Crippen LogP contribution in [-0.4, -0.2) is 32.8 Å². The Labute approximate surface area is 119 Å². The largest absolute Gasteiger partial charge is 0.480 e. The zero-order chi connectivity index (χ0) is 15.4. The van der Waals surface area contributed by atoms with Gasteiger partial charge in [-0.05, 0) is 24.8 Å². The zero-order valence-corrected chi connectivity index (χ0v) is 12.7. The van der Waals surface area contributed by atoms with Crippen LogP contribution in [0, 0.1) is 5.92 Å². The molecular weight excluding hydrogens is 258 g/mol. The van der Waals surface area contributed by atoms with Gasteiger partial charge in [0, 0.05) is 6.54 Å². The van der Waals surface area contributed by atoms with Crippen LogP contribution in [0.3, 0.4) is 0 Å². The van der Waals surface area contributed by atoms with Crippen molar-refractivity contribution in [3.05, 3.63) is 17.5 Å². The lowest BCUT2D eigenvalue weighted by atomic mass is 10.0. The summed E-state index contributed by atoms with van der Waals surface area (Å²) in [6.45, 7) is 9.97. The lowest BCUT2D eigenvalue weighted by molar-refractivity contribution is -0.140. The number of nitrogens with one attached hydrogen (secondary N) is 1. The van der Waals surface area contributed by atoms with E-state index in [1.54, 1.807) is 24.6 Å². The quantitative estimate of drug-likeness (QED) is 0.833. The highest BCUT2D eigenvalue weighted by molar-refractivity contribution is 5.95. The van der Waals surface area contributed by atoms with Crippen molar-refractivity contribution in [3.63, 3.8) is 0 Å². The highest BCUT2D eigenvalue weighted by Crippen LogP contribution is 2.15. The number of aryl methyl sites for hydroxylation is 1. The topological polar surface area (TPSA) is 84.2 Å². The average Bonchev–Trinajstić information content (AvgIpc) is 2.79. The summed E-state index contributed by atoms with van der Waals surface area (Å²) < 4.78 is 1.60. The predicted molar refractivity (Wildman–Crippen MR) is 75.7 cm³/mol. The van der Waals surface area contributed by atoms with Gasteiger partial charge in [0.05, 0.1) is 5.69 Å². The Bertz CT molecular complexity index is 492. The molecule has 1 rings (SSSR count). The molecule has 1 amide bonds. The van der Waals surface area contributed by atoms with Crippen LogP contribution in [-0.2, 0) is 11.3 Å². The standard InChI is InChI=1S/C14H23N3O3/c1-6-17-11(7-10(16-17)8(2)3)13(18)15-12(9(4)5)14(19)20/h7-9,12H,6H2,1-5H3,(H,15,18)(H,19,20)/t12-/m0/s1. The Morgan fingerprint density at radius 2 is 1.95 bits per heavy atom. The van der Waals surface area contributed by atoms with E-state index in [4.69, 9.17) is 5.11 Å². The van der Waals surface area contributed by atoms with Gasteiger partial charge in [0.2, 0.25) is 0 Å². The molecule has 6 nitrogen and oxygen atoms in total. The molecule has 0 aliphatic rings. The van der Waals surface area contributed by atoms with E-state index in [9.17, 15) is 9.59 Å². The number of carboxylic acids is 1. The summed E-state index contributed by atoms with van der Waals surface area (Å²) in [6, 6.07) is 0.827. The second kappa shape index (κ2) is 6.54. The third kappa shape index (κ3) is 3.59. The van der Waals surface area contributed by atoms with Crippen LogP contribution < -0.4 is 5.32 Å². The van der Waals surface area contributed by atoms with Crippen molar-refractivity contribution in [1.29, 1.82) is 0 Å². The number of aromatic nitrogens is 2. The number of amides is 1. The predicted octanol–water partition coefficient (Wildman–Crippen LogP) is 1.87. The highest BCUT2D eigenvalue weighted by atomic mass is 16.4. The van der Waals surface area contributed by atoms with Gasteiger partial charge in [0.1, 0.15) is 11.7 Å². The monoisotopic (exact) mass is 281 g/mol. The molecule has 1 aromatic heterocycles. The minimum atomic E-state index is -1.03. The summed E-state index contributed by atoms with van der Waals surface area (Å²) in [5.41, 5.74) is 1.23. The first-order chi connectivity index (χ1) is 9.27. The summed E-state index contributed by atoms with van der Waals surface area (Å²) in [5, 5.41) is 16.0. The first-order valence-corrected chi connectivity index (χ1v) is 6.89. The van der Waals surface area contributed by atoms with Crippen molar-refractivity contribution in [2.45, 2.75) is 53.1 Å². The molecule has 20 heavy (non-hydrogen) atoms. The normalized spacial score (nSPS) is 12.8. The fraction of sp³-hybridized carbons (Fsp3) is 0.643. The van der Waals surface area contributed by atoms with Crippen LogP contribution >= 0.6 is 0 Å². The molecule has 1 aromatic rings. The van der Waals surface area contributed by atoms with Gasteiger partial charge in [-0.1, -0.05) is 27.7 Å². The van der Waals surface area contributed by atoms with Crippen LogP contribution in [0.25, 0.3) is 0 Å². The van der Waals surface area contributed by atoms with Gasteiger partial charge in [0.15, 0.2) is 0 Å². The van der Waals surface area contributed by atoms with Crippen molar-refractivity contribution < 1.29 is 14.7 Å². The molecule has 2 N–H and O–H groups in total.